The van der Waals surface area contributed by atoms with Crippen molar-refractivity contribution in [2.24, 2.45) is 0 Å². The van der Waals surface area contributed by atoms with Gasteiger partial charge in [-0.3, -0.25) is 19.3 Å². The first-order chi connectivity index (χ1) is 9.97. The molecule has 0 saturated carbocycles. The highest BCUT2D eigenvalue weighted by Gasteiger charge is 2.43. The molecule has 8 nitrogen and oxygen atoms in total. The van der Waals surface area contributed by atoms with E-state index in [4.69, 9.17) is 0 Å². The molecule has 0 spiro atoms. The topological polar surface area (TPSA) is 90.0 Å². The van der Waals surface area contributed by atoms with Crippen LogP contribution in [0.3, 0.4) is 0 Å². The number of carbonyl (C=O) groups excluding carboxylic acids is 4. The molecule has 2 aliphatic rings. The third-order valence-corrected chi connectivity index (χ3v) is 3.80. The number of likely N-dealkylation sites (N-methyl/N-ethyl adjacent to an activating group) is 1. The average Bonchev–Trinajstić information content (AvgIpc) is 3.05. The van der Waals surface area contributed by atoms with E-state index in [0.717, 1.165) is 29.2 Å². The van der Waals surface area contributed by atoms with E-state index < -0.39 is 17.8 Å². The molecule has 1 atom stereocenters. The summed E-state index contributed by atoms with van der Waals surface area (Å²) in [5, 5.41) is 3.19. The van der Waals surface area contributed by atoms with Crippen LogP contribution in [0.1, 0.15) is 19.8 Å². The molecule has 9 heteroatoms. The maximum Gasteiger partial charge on any atom is 0.334 e. The van der Waals surface area contributed by atoms with Gasteiger partial charge in [-0.25, -0.2) is 9.69 Å². The minimum Gasteiger partial charge on any atom is -0.337 e. The van der Waals surface area contributed by atoms with Crippen molar-refractivity contribution < 1.29 is 19.2 Å². The van der Waals surface area contributed by atoms with Crippen LogP contribution in [0.5, 0.6) is 0 Å². The van der Waals surface area contributed by atoms with Gasteiger partial charge < -0.3 is 10.2 Å². The summed E-state index contributed by atoms with van der Waals surface area (Å²) in [7, 11) is 1.23. The first-order valence-electron chi connectivity index (χ1n) is 7.11. The second kappa shape index (κ2) is 7.55. The molecule has 0 aromatic carbocycles. The Labute approximate surface area is 135 Å². The van der Waals surface area contributed by atoms with Crippen LogP contribution < -0.4 is 5.32 Å². The molecule has 1 N–H and O–H groups in total. The summed E-state index contributed by atoms with van der Waals surface area (Å²) in [6.07, 6.45) is 1.65. The summed E-state index contributed by atoms with van der Waals surface area (Å²) in [4.78, 5) is 50.5. The van der Waals surface area contributed by atoms with E-state index in [1.807, 2.05) is 6.92 Å². The van der Waals surface area contributed by atoms with Gasteiger partial charge in [0.1, 0.15) is 6.54 Å². The Bertz CT molecular complexity index is 479. The van der Waals surface area contributed by atoms with Crippen LogP contribution in [-0.2, 0) is 14.4 Å². The zero-order valence-corrected chi connectivity index (χ0v) is 13.5. The van der Waals surface area contributed by atoms with Crippen LogP contribution in [0.2, 0.25) is 0 Å². The smallest absolute Gasteiger partial charge is 0.334 e. The number of carbonyl (C=O) groups is 4. The van der Waals surface area contributed by atoms with Crippen LogP contribution in [0.4, 0.5) is 4.79 Å². The Morgan fingerprint density at radius 2 is 2.00 bits per heavy atom. The first kappa shape index (κ1) is 18.4. The van der Waals surface area contributed by atoms with Gasteiger partial charge in [0.15, 0.2) is 0 Å². The van der Waals surface area contributed by atoms with Gasteiger partial charge >= 0.3 is 17.8 Å². The van der Waals surface area contributed by atoms with Crippen molar-refractivity contribution >= 4 is 36.2 Å². The lowest BCUT2D eigenvalue weighted by Gasteiger charge is -2.29. The molecule has 2 fully saturated rings. The summed E-state index contributed by atoms with van der Waals surface area (Å²) >= 11 is 0. The van der Waals surface area contributed by atoms with E-state index in [1.165, 1.54) is 7.05 Å². The molecule has 124 valence electrons. The predicted molar refractivity (Wildman–Crippen MR) is 80.4 cm³/mol. The molecule has 1 unspecified atom stereocenters. The number of rotatable bonds is 5. The number of halogens is 1. The van der Waals surface area contributed by atoms with E-state index >= 15 is 0 Å². The van der Waals surface area contributed by atoms with Crippen LogP contribution in [0, 0.1) is 0 Å². The molecule has 0 aromatic heterocycles. The number of hydrogen-bond acceptors (Lipinski definition) is 5. The quantitative estimate of drug-likeness (QED) is 0.538. The average molecular weight is 333 g/mol. The third-order valence-electron chi connectivity index (χ3n) is 3.80. The fraction of sp³-hybridized carbons (Fsp3) is 0.692. The SMILES string of the molecule is CCCN(C(=O)CN1C(=O)C(=O)N(C)C1=O)C1CCNC1.Cl. The number of hydrogen-bond donors (Lipinski definition) is 1. The number of nitrogens with zero attached hydrogens (tertiary/aromatic N) is 3. The van der Waals surface area contributed by atoms with Gasteiger partial charge in [0.05, 0.1) is 0 Å². The maximum absolute atomic E-state index is 12.4. The molecule has 5 amide bonds. The summed E-state index contributed by atoms with van der Waals surface area (Å²) in [6.45, 7) is 3.73. The molecule has 0 aliphatic carbocycles. The largest absolute Gasteiger partial charge is 0.337 e. The maximum atomic E-state index is 12.4. The van der Waals surface area contributed by atoms with Crippen LogP contribution >= 0.6 is 12.4 Å². The fourth-order valence-corrected chi connectivity index (χ4v) is 2.64. The van der Waals surface area contributed by atoms with Crippen molar-refractivity contribution in [1.29, 1.82) is 0 Å². The summed E-state index contributed by atoms with van der Waals surface area (Å²) in [6, 6.07) is -0.655. The van der Waals surface area contributed by atoms with E-state index in [9.17, 15) is 19.2 Å². The third kappa shape index (κ3) is 3.38. The van der Waals surface area contributed by atoms with Gasteiger partial charge in [-0.2, -0.15) is 0 Å². The molecular weight excluding hydrogens is 312 g/mol. The van der Waals surface area contributed by atoms with Crippen LogP contribution in [0.25, 0.3) is 0 Å². The number of nitrogens with one attached hydrogen (secondary N) is 1. The van der Waals surface area contributed by atoms with Crippen LogP contribution in [-0.4, -0.2) is 77.7 Å². The highest BCUT2D eigenvalue weighted by Crippen LogP contribution is 2.13. The van der Waals surface area contributed by atoms with Crippen molar-refractivity contribution in [3.05, 3.63) is 0 Å². The molecule has 2 rings (SSSR count). The Kier molecular flexibility index (Phi) is 6.31. The molecule has 0 radical (unpaired) electrons. The first-order valence-corrected chi connectivity index (χ1v) is 7.11. The Hall–Kier alpha value is -1.67. The van der Waals surface area contributed by atoms with Crippen LogP contribution in [0.15, 0.2) is 0 Å². The molecule has 2 saturated heterocycles. The molecule has 2 aliphatic heterocycles. The Balaban J connectivity index is 0.00000242. The zero-order chi connectivity index (χ0) is 15.6. The monoisotopic (exact) mass is 332 g/mol. The van der Waals surface area contributed by atoms with Gasteiger partial charge in [-0.05, 0) is 19.4 Å². The van der Waals surface area contributed by atoms with Crippen molar-refractivity contribution in [2.75, 3.05) is 33.2 Å². The highest BCUT2D eigenvalue weighted by molar-refractivity contribution is 6.44. The number of imide groups is 2. The van der Waals surface area contributed by atoms with Crippen molar-refractivity contribution in [2.45, 2.75) is 25.8 Å². The van der Waals surface area contributed by atoms with Gasteiger partial charge in [-0.15, -0.1) is 12.4 Å². The molecular formula is C13H21ClN4O4. The summed E-state index contributed by atoms with van der Waals surface area (Å²) in [5.41, 5.74) is 0. The molecule has 22 heavy (non-hydrogen) atoms. The molecule has 2 heterocycles. The second-order valence-corrected chi connectivity index (χ2v) is 5.27. The molecule has 0 aromatic rings. The van der Waals surface area contributed by atoms with Gasteiger partial charge in [0.2, 0.25) is 5.91 Å². The normalized spacial score (nSPS) is 21.4. The summed E-state index contributed by atoms with van der Waals surface area (Å²) < 4.78 is 0. The van der Waals surface area contributed by atoms with Gasteiger partial charge in [-0.1, -0.05) is 6.92 Å². The van der Waals surface area contributed by atoms with E-state index in [2.05, 4.69) is 5.32 Å². The zero-order valence-electron chi connectivity index (χ0n) is 12.7. The fourth-order valence-electron chi connectivity index (χ4n) is 2.64. The summed E-state index contributed by atoms with van der Waals surface area (Å²) in [5.74, 6) is -2.12. The van der Waals surface area contributed by atoms with E-state index in [0.29, 0.717) is 13.1 Å². The lowest BCUT2D eigenvalue weighted by Crippen LogP contribution is -2.48. The van der Waals surface area contributed by atoms with Crippen molar-refractivity contribution in [3.8, 4) is 0 Å². The second-order valence-electron chi connectivity index (χ2n) is 5.27. The lowest BCUT2D eigenvalue weighted by atomic mass is 10.2. The van der Waals surface area contributed by atoms with Gasteiger partial charge in [0.25, 0.3) is 0 Å². The number of amides is 5. The van der Waals surface area contributed by atoms with Crippen molar-refractivity contribution in [3.63, 3.8) is 0 Å². The minimum atomic E-state index is -0.933. The van der Waals surface area contributed by atoms with E-state index in [1.54, 1.807) is 4.90 Å². The number of urea groups is 1. The van der Waals surface area contributed by atoms with Gasteiger partial charge in [0, 0.05) is 26.2 Å². The lowest BCUT2D eigenvalue weighted by molar-refractivity contribution is -0.145. The predicted octanol–water partition coefficient (Wildman–Crippen LogP) is -0.571. The Morgan fingerprint density at radius 3 is 2.45 bits per heavy atom. The van der Waals surface area contributed by atoms with E-state index in [-0.39, 0.29) is 30.9 Å². The molecule has 0 bridgehead atoms. The minimum absolute atomic E-state index is 0. The highest BCUT2D eigenvalue weighted by atomic mass is 35.5. The Morgan fingerprint density at radius 1 is 1.32 bits per heavy atom. The van der Waals surface area contributed by atoms with Crippen molar-refractivity contribution in [1.82, 2.24) is 20.0 Å². The standard InChI is InChI=1S/C13H20N4O4.ClH/c1-3-6-16(9-4-5-14-7-9)10(18)8-17-12(20)11(19)15(2)13(17)21;/h9,14H,3-8H2,1-2H3;1H.